The molecule has 0 amide bonds. The Bertz CT molecular complexity index is 1670. The summed E-state index contributed by atoms with van der Waals surface area (Å²) in [5.74, 6) is -3.63. The van der Waals surface area contributed by atoms with Gasteiger partial charge in [0, 0.05) is 22.3 Å². The van der Waals surface area contributed by atoms with Gasteiger partial charge in [-0.25, -0.2) is 0 Å². The van der Waals surface area contributed by atoms with Crippen LogP contribution < -0.4 is 0 Å². The van der Waals surface area contributed by atoms with Crippen molar-refractivity contribution >= 4 is 34.2 Å². The van der Waals surface area contributed by atoms with Crippen molar-refractivity contribution in [2.45, 2.75) is 24.7 Å². The van der Waals surface area contributed by atoms with E-state index in [2.05, 4.69) is 0 Å². The third-order valence-electron chi connectivity index (χ3n) is 7.44. The van der Waals surface area contributed by atoms with Gasteiger partial charge in [-0.05, 0) is 31.2 Å². The lowest BCUT2D eigenvalue weighted by molar-refractivity contribution is -0.483. The Balaban J connectivity index is 1.37. The first-order valence-corrected chi connectivity index (χ1v) is 14.4. The van der Waals surface area contributed by atoms with E-state index in [0.29, 0.717) is 31.3 Å². The average molecular weight is 599 g/mol. The highest BCUT2D eigenvalue weighted by molar-refractivity contribution is 7.24. The van der Waals surface area contributed by atoms with Crippen molar-refractivity contribution in [2.75, 3.05) is 26.4 Å². The number of ether oxygens (including phenoxy) is 4. The van der Waals surface area contributed by atoms with Crippen LogP contribution in [0.5, 0.6) is 0 Å². The van der Waals surface area contributed by atoms with Gasteiger partial charge in [0.2, 0.25) is 11.6 Å². The van der Waals surface area contributed by atoms with E-state index in [4.69, 9.17) is 18.9 Å². The second-order valence-electron chi connectivity index (χ2n) is 9.93. The first-order chi connectivity index (χ1) is 19.6. The maximum atomic E-state index is 13.5. The van der Waals surface area contributed by atoms with Gasteiger partial charge in [-0.15, -0.1) is 22.7 Å². The minimum Gasteiger partial charge on any atom is -0.339 e. The van der Waals surface area contributed by atoms with E-state index in [1.807, 2.05) is 19.1 Å². The molecule has 2 aromatic carbocycles. The van der Waals surface area contributed by atoms with Crippen molar-refractivity contribution in [3.05, 3.63) is 104 Å². The summed E-state index contributed by atoms with van der Waals surface area (Å²) in [7, 11) is 0. The summed E-state index contributed by atoms with van der Waals surface area (Å²) in [5.41, 5.74) is 1.95. The zero-order chi connectivity index (χ0) is 28.6. The highest BCUT2D eigenvalue weighted by atomic mass is 32.1. The van der Waals surface area contributed by atoms with Crippen LogP contribution in [-0.2, 0) is 36.7 Å². The molecule has 4 heterocycles. The summed E-state index contributed by atoms with van der Waals surface area (Å²) in [6, 6.07) is 14.8. The van der Waals surface area contributed by atoms with Gasteiger partial charge in [0.15, 0.2) is 0 Å². The molecule has 210 valence electrons. The van der Waals surface area contributed by atoms with E-state index in [9.17, 15) is 22.8 Å². The van der Waals surface area contributed by atoms with Crippen LogP contribution in [0.3, 0.4) is 0 Å². The summed E-state index contributed by atoms with van der Waals surface area (Å²) >= 11 is 2.44. The number of alkyl halides is 3. The molecule has 41 heavy (non-hydrogen) atoms. The largest absolute Gasteiger partial charge is 0.416 e. The molecule has 0 radical (unpaired) electrons. The number of hydrogen-bond donors (Lipinski definition) is 0. The van der Waals surface area contributed by atoms with Crippen molar-refractivity contribution in [3.8, 4) is 9.75 Å². The predicted octanol–water partition coefficient (Wildman–Crippen LogP) is 6.68. The van der Waals surface area contributed by atoms with Gasteiger partial charge >= 0.3 is 6.18 Å². The second kappa shape index (κ2) is 9.41. The molecular formula is C30H21F3O6S2. The summed E-state index contributed by atoms with van der Waals surface area (Å²) in [6.07, 6.45) is -4.51. The fourth-order valence-electron chi connectivity index (χ4n) is 5.50. The van der Waals surface area contributed by atoms with Gasteiger partial charge in [0.25, 0.3) is 11.6 Å². The van der Waals surface area contributed by atoms with Crippen LogP contribution in [0.15, 0.2) is 60.7 Å². The molecule has 1 aliphatic carbocycles. The minimum absolute atomic E-state index is 0.114. The summed E-state index contributed by atoms with van der Waals surface area (Å²) in [4.78, 5) is 29.2. The third-order valence-corrected chi connectivity index (χ3v) is 9.87. The molecule has 2 aliphatic heterocycles. The molecule has 0 saturated carbocycles. The van der Waals surface area contributed by atoms with E-state index in [-0.39, 0.29) is 42.7 Å². The molecule has 0 N–H and O–H groups in total. The quantitative estimate of drug-likeness (QED) is 0.244. The first kappa shape index (κ1) is 26.7. The lowest BCUT2D eigenvalue weighted by atomic mass is 9.83. The van der Waals surface area contributed by atoms with Crippen LogP contribution in [0.25, 0.3) is 9.75 Å². The number of rotatable bonds is 4. The predicted molar refractivity (Wildman–Crippen MR) is 144 cm³/mol. The SMILES string of the molecule is Cc1ccc(C(=O)c2cc3c(s2)-c2sc(C(=O)c4ccc(C(F)(F)F)cc4)cc2C24OCCOC32OCCO4)cc1. The van der Waals surface area contributed by atoms with E-state index in [1.54, 1.807) is 24.3 Å². The third kappa shape index (κ3) is 3.98. The van der Waals surface area contributed by atoms with Crippen molar-refractivity contribution in [1.29, 1.82) is 0 Å². The zero-order valence-corrected chi connectivity index (χ0v) is 23.1. The lowest BCUT2D eigenvalue weighted by Crippen LogP contribution is -2.63. The van der Waals surface area contributed by atoms with Gasteiger partial charge in [-0.3, -0.25) is 9.59 Å². The Labute approximate surface area is 240 Å². The Hall–Kier alpha value is -3.19. The van der Waals surface area contributed by atoms with E-state index in [1.165, 1.54) is 34.8 Å². The number of benzene rings is 2. The molecule has 0 spiro atoms. The molecule has 2 fully saturated rings. The van der Waals surface area contributed by atoms with Gasteiger partial charge in [-0.2, -0.15) is 13.2 Å². The van der Waals surface area contributed by atoms with Crippen LogP contribution in [-0.4, -0.2) is 38.0 Å². The Kier molecular flexibility index (Phi) is 6.13. The number of carbonyl (C=O) groups is 2. The topological polar surface area (TPSA) is 71.1 Å². The van der Waals surface area contributed by atoms with Crippen molar-refractivity contribution in [2.24, 2.45) is 0 Å². The van der Waals surface area contributed by atoms with E-state index < -0.39 is 29.1 Å². The number of hydrogen-bond acceptors (Lipinski definition) is 8. The van der Waals surface area contributed by atoms with Crippen molar-refractivity contribution in [1.82, 2.24) is 0 Å². The van der Waals surface area contributed by atoms with Crippen molar-refractivity contribution < 1.29 is 41.7 Å². The summed E-state index contributed by atoms with van der Waals surface area (Å²) in [5, 5.41) is 0. The lowest BCUT2D eigenvalue weighted by Gasteiger charge is -2.55. The number of carbonyl (C=O) groups excluding carboxylic acids is 2. The van der Waals surface area contributed by atoms with E-state index in [0.717, 1.165) is 17.7 Å². The smallest absolute Gasteiger partial charge is 0.339 e. The van der Waals surface area contributed by atoms with Gasteiger partial charge in [0.05, 0.1) is 51.5 Å². The fraction of sp³-hybridized carbons (Fsp3) is 0.267. The van der Waals surface area contributed by atoms with Crippen LogP contribution >= 0.6 is 22.7 Å². The second-order valence-corrected chi connectivity index (χ2v) is 12.0. The highest BCUT2D eigenvalue weighted by Gasteiger charge is 2.67. The average Bonchev–Trinajstić information content (AvgIpc) is 3.63. The fourth-order valence-corrected chi connectivity index (χ4v) is 7.98. The van der Waals surface area contributed by atoms with Crippen LogP contribution in [0, 0.1) is 6.92 Å². The maximum Gasteiger partial charge on any atom is 0.416 e. The molecular weight excluding hydrogens is 577 g/mol. The molecule has 0 unspecified atom stereocenters. The zero-order valence-electron chi connectivity index (χ0n) is 21.5. The molecule has 3 aliphatic rings. The highest BCUT2D eigenvalue weighted by Crippen LogP contribution is 2.63. The van der Waals surface area contributed by atoms with Crippen molar-refractivity contribution in [3.63, 3.8) is 0 Å². The van der Waals surface area contributed by atoms with Gasteiger partial charge in [0.1, 0.15) is 0 Å². The summed E-state index contributed by atoms with van der Waals surface area (Å²) < 4.78 is 64.4. The number of fused-ring (bicyclic) bond motifs is 3. The Morgan fingerprint density at radius 1 is 0.683 bits per heavy atom. The van der Waals surface area contributed by atoms with E-state index >= 15 is 0 Å². The molecule has 0 atom stereocenters. The number of thiophene rings is 2. The molecule has 0 bridgehead atoms. The summed E-state index contributed by atoms with van der Waals surface area (Å²) in [6.45, 7) is 2.80. The van der Waals surface area contributed by atoms with Crippen LogP contribution in [0.1, 0.15) is 52.7 Å². The molecule has 2 saturated heterocycles. The maximum absolute atomic E-state index is 13.5. The molecule has 7 rings (SSSR count). The monoisotopic (exact) mass is 598 g/mol. The number of aryl methyl sites for hydroxylation is 1. The molecule has 4 aromatic rings. The normalized spacial score (nSPS) is 23.2. The standard InChI is InChI=1S/C30H21F3O6S2/c1-16-2-4-17(5-3-16)24(34)22-14-20-26(40-22)27-21(29-28(20,36-10-12-38-29)37-11-13-39-29)15-23(41-27)25(35)18-6-8-19(9-7-18)30(31,32)33/h2-9,14-15H,10-13H2,1H3. The minimum atomic E-state index is -4.51. The first-order valence-electron chi connectivity index (χ1n) is 12.8. The number of halogens is 3. The molecule has 6 nitrogen and oxygen atoms in total. The molecule has 2 aromatic heterocycles. The molecule has 11 heteroatoms. The Morgan fingerprint density at radius 2 is 1.07 bits per heavy atom. The number of ketones is 2. The van der Waals surface area contributed by atoms with Crippen LogP contribution in [0.2, 0.25) is 0 Å². The Morgan fingerprint density at radius 3 is 1.46 bits per heavy atom. The van der Waals surface area contributed by atoms with Gasteiger partial charge in [-0.1, -0.05) is 42.0 Å². The van der Waals surface area contributed by atoms with Gasteiger partial charge < -0.3 is 18.9 Å². The van der Waals surface area contributed by atoms with Crippen LogP contribution in [0.4, 0.5) is 13.2 Å².